The molecule has 8 nitrogen and oxygen atoms in total. The highest BCUT2D eigenvalue weighted by atomic mass is 16.5. The van der Waals surface area contributed by atoms with Gasteiger partial charge in [0, 0.05) is 13.6 Å². The van der Waals surface area contributed by atoms with Crippen LogP contribution in [0.3, 0.4) is 0 Å². The Morgan fingerprint density at radius 1 is 1.10 bits per heavy atom. The molecule has 0 aliphatic carbocycles. The number of hydrogen-bond donors (Lipinski definition) is 0. The minimum Gasteiger partial charge on any atom is -0.449 e. The van der Waals surface area contributed by atoms with E-state index in [1.807, 2.05) is 36.4 Å². The number of carbonyl (C=O) groups is 4. The monoisotopic (exact) mass is 419 g/mol. The summed E-state index contributed by atoms with van der Waals surface area (Å²) in [5, 5.41) is 8.62. The Morgan fingerprint density at radius 3 is 2.45 bits per heavy atom. The molecule has 1 aliphatic rings. The smallest absolute Gasteiger partial charge is 0.338 e. The van der Waals surface area contributed by atoms with Gasteiger partial charge in [-0.25, -0.2) is 4.79 Å². The van der Waals surface area contributed by atoms with Gasteiger partial charge in [-0.1, -0.05) is 30.3 Å². The molecule has 2 aromatic carbocycles. The van der Waals surface area contributed by atoms with Crippen molar-refractivity contribution in [3.8, 4) is 6.07 Å². The summed E-state index contributed by atoms with van der Waals surface area (Å²) in [7, 11) is 1.52. The van der Waals surface area contributed by atoms with Gasteiger partial charge in [0.1, 0.15) is 0 Å². The molecule has 3 amide bonds. The van der Waals surface area contributed by atoms with E-state index in [1.165, 1.54) is 37.1 Å². The number of ether oxygens (including phenoxy) is 1. The van der Waals surface area contributed by atoms with E-state index in [4.69, 9.17) is 10.00 Å². The molecular weight excluding hydrogens is 398 g/mol. The molecule has 0 bridgehead atoms. The zero-order valence-corrected chi connectivity index (χ0v) is 17.2. The molecule has 0 saturated heterocycles. The standard InChI is InChI=1S/C23H21N3O5/c1-15(20(27)25(2)12-6-11-24)31-23(30)17-9-10-18-19(13-17)22(29)26(21(18)28)14-16-7-4-3-5-8-16/h3-5,7-10,13,15H,6,12,14H2,1-2H3/t15-/m0/s1. The lowest BCUT2D eigenvalue weighted by Gasteiger charge is -2.20. The second kappa shape index (κ2) is 9.22. The maximum Gasteiger partial charge on any atom is 0.338 e. The number of carbonyl (C=O) groups excluding carboxylic acids is 4. The Kier molecular flexibility index (Phi) is 6.46. The van der Waals surface area contributed by atoms with Crippen molar-refractivity contribution >= 4 is 23.7 Å². The van der Waals surface area contributed by atoms with Crippen LogP contribution >= 0.6 is 0 Å². The van der Waals surface area contributed by atoms with Gasteiger partial charge in [0.25, 0.3) is 17.7 Å². The molecule has 1 atom stereocenters. The van der Waals surface area contributed by atoms with Crippen molar-refractivity contribution in [1.29, 1.82) is 5.26 Å². The Hall–Kier alpha value is -3.99. The minimum absolute atomic E-state index is 0.0702. The van der Waals surface area contributed by atoms with Gasteiger partial charge in [-0.3, -0.25) is 19.3 Å². The summed E-state index contributed by atoms with van der Waals surface area (Å²) in [4.78, 5) is 52.6. The molecule has 8 heteroatoms. The molecule has 0 fully saturated rings. The minimum atomic E-state index is -1.06. The van der Waals surface area contributed by atoms with Crippen LogP contribution in [0.5, 0.6) is 0 Å². The van der Waals surface area contributed by atoms with Crippen LogP contribution in [0.25, 0.3) is 0 Å². The van der Waals surface area contributed by atoms with Gasteiger partial charge in [0.2, 0.25) is 0 Å². The number of esters is 1. The van der Waals surface area contributed by atoms with E-state index in [2.05, 4.69) is 0 Å². The van der Waals surface area contributed by atoms with Crippen molar-refractivity contribution in [3.63, 3.8) is 0 Å². The highest BCUT2D eigenvalue weighted by Crippen LogP contribution is 2.26. The molecule has 0 aromatic heterocycles. The van der Waals surface area contributed by atoms with Crippen molar-refractivity contribution in [3.05, 3.63) is 70.8 Å². The van der Waals surface area contributed by atoms with E-state index >= 15 is 0 Å². The summed E-state index contributed by atoms with van der Waals surface area (Å²) >= 11 is 0. The topological polar surface area (TPSA) is 108 Å². The largest absolute Gasteiger partial charge is 0.449 e. The van der Waals surface area contributed by atoms with Crippen LogP contribution in [0.4, 0.5) is 0 Å². The molecule has 31 heavy (non-hydrogen) atoms. The maximum absolute atomic E-state index is 12.8. The third kappa shape index (κ3) is 4.61. The first-order valence-corrected chi connectivity index (χ1v) is 9.70. The fraction of sp³-hybridized carbons (Fsp3) is 0.261. The summed E-state index contributed by atoms with van der Waals surface area (Å²) in [5.41, 5.74) is 1.23. The van der Waals surface area contributed by atoms with Gasteiger partial charge >= 0.3 is 5.97 Å². The molecule has 0 N–H and O–H groups in total. The van der Waals surface area contributed by atoms with Gasteiger partial charge in [0.05, 0.1) is 35.7 Å². The number of likely N-dealkylation sites (N-methyl/N-ethyl adjacent to an activating group) is 1. The highest BCUT2D eigenvalue weighted by Gasteiger charge is 2.36. The molecule has 0 spiro atoms. The van der Waals surface area contributed by atoms with Crippen LogP contribution in [0.15, 0.2) is 48.5 Å². The van der Waals surface area contributed by atoms with E-state index in [9.17, 15) is 19.2 Å². The number of nitriles is 1. The van der Waals surface area contributed by atoms with Crippen molar-refractivity contribution in [2.24, 2.45) is 0 Å². The van der Waals surface area contributed by atoms with Crippen molar-refractivity contribution < 1.29 is 23.9 Å². The Labute approximate surface area is 179 Å². The number of imide groups is 1. The number of benzene rings is 2. The second-order valence-electron chi connectivity index (χ2n) is 7.16. The average molecular weight is 419 g/mol. The zero-order chi connectivity index (χ0) is 22.5. The lowest BCUT2D eigenvalue weighted by Crippen LogP contribution is -2.37. The molecule has 1 aliphatic heterocycles. The van der Waals surface area contributed by atoms with Gasteiger partial charge in [-0.15, -0.1) is 0 Å². The van der Waals surface area contributed by atoms with Crippen LogP contribution in [0.1, 0.15) is 50.0 Å². The van der Waals surface area contributed by atoms with Gasteiger partial charge in [-0.2, -0.15) is 5.26 Å². The quantitative estimate of drug-likeness (QED) is 0.504. The third-order valence-electron chi connectivity index (χ3n) is 4.96. The molecular formula is C23H21N3O5. The summed E-state index contributed by atoms with van der Waals surface area (Å²) in [6.07, 6.45) is -0.889. The highest BCUT2D eigenvalue weighted by molar-refractivity contribution is 6.21. The third-order valence-corrected chi connectivity index (χ3v) is 4.96. The van der Waals surface area contributed by atoms with E-state index in [0.717, 1.165) is 10.5 Å². The fourth-order valence-electron chi connectivity index (χ4n) is 3.24. The lowest BCUT2D eigenvalue weighted by atomic mass is 10.1. The predicted octanol–water partition coefficient (Wildman–Crippen LogP) is 2.40. The van der Waals surface area contributed by atoms with Crippen LogP contribution in [-0.4, -0.2) is 53.2 Å². The molecule has 0 saturated carbocycles. The molecule has 0 radical (unpaired) electrons. The van der Waals surface area contributed by atoms with Crippen LogP contribution in [0, 0.1) is 11.3 Å². The van der Waals surface area contributed by atoms with E-state index in [0.29, 0.717) is 0 Å². The van der Waals surface area contributed by atoms with Crippen LogP contribution in [-0.2, 0) is 16.1 Å². The zero-order valence-electron chi connectivity index (χ0n) is 17.2. The number of amides is 3. The van der Waals surface area contributed by atoms with Crippen molar-refractivity contribution in [2.45, 2.75) is 26.0 Å². The van der Waals surface area contributed by atoms with E-state index in [1.54, 1.807) is 0 Å². The molecule has 3 rings (SSSR count). The van der Waals surface area contributed by atoms with E-state index < -0.39 is 29.8 Å². The van der Waals surface area contributed by atoms with Crippen molar-refractivity contribution in [1.82, 2.24) is 9.80 Å². The summed E-state index contributed by atoms with van der Waals surface area (Å²) in [6, 6.07) is 15.2. The first kappa shape index (κ1) is 21.7. The number of nitrogens with zero attached hydrogens (tertiary/aromatic N) is 3. The number of fused-ring (bicyclic) bond motifs is 1. The van der Waals surface area contributed by atoms with Crippen LogP contribution < -0.4 is 0 Å². The van der Waals surface area contributed by atoms with Gasteiger partial charge < -0.3 is 9.64 Å². The summed E-state index contributed by atoms with van der Waals surface area (Å²) < 4.78 is 5.22. The molecule has 158 valence electrons. The SMILES string of the molecule is C[C@H](OC(=O)c1ccc2c(c1)C(=O)N(Cc1ccccc1)C2=O)C(=O)N(C)CCC#N. The lowest BCUT2D eigenvalue weighted by molar-refractivity contribution is -0.138. The first-order valence-electron chi connectivity index (χ1n) is 9.70. The predicted molar refractivity (Wildman–Crippen MR) is 110 cm³/mol. The van der Waals surface area contributed by atoms with E-state index in [-0.39, 0.29) is 36.2 Å². The number of rotatable bonds is 7. The van der Waals surface area contributed by atoms with Gasteiger partial charge in [0.15, 0.2) is 6.10 Å². The second-order valence-corrected chi connectivity index (χ2v) is 7.16. The summed E-state index contributed by atoms with van der Waals surface area (Å²) in [5.74, 6) is -2.13. The Balaban J connectivity index is 1.72. The Morgan fingerprint density at radius 2 is 1.77 bits per heavy atom. The average Bonchev–Trinajstić information content (AvgIpc) is 3.01. The molecule has 1 heterocycles. The molecule has 2 aromatic rings. The molecule has 0 unspecified atom stereocenters. The fourth-order valence-corrected chi connectivity index (χ4v) is 3.24. The van der Waals surface area contributed by atoms with Gasteiger partial charge in [-0.05, 0) is 30.7 Å². The Bertz CT molecular complexity index is 1070. The maximum atomic E-state index is 12.8. The first-order chi connectivity index (χ1) is 14.8. The van der Waals surface area contributed by atoms with Crippen molar-refractivity contribution in [2.75, 3.05) is 13.6 Å². The summed E-state index contributed by atoms with van der Waals surface area (Å²) in [6.45, 7) is 1.80. The van der Waals surface area contributed by atoms with Crippen LogP contribution in [0.2, 0.25) is 0 Å². The number of hydrogen-bond acceptors (Lipinski definition) is 6. The normalized spacial score (nSPS) is 13.4.